The van der Waals surface area contributed by atoms with Gasteiger partial charge in [0.25, 0.3) is 0 Å². The van der Waals surface area contributed by atoms with Crippen molar-refractivity contribution in [1.82, 2.24) is 4.98 Å². The molecule has 5 nitrogen and oxygen atoms in total. The predicted molar refractivity (Wildman–Crippen MR) is 118 cm³/mol. The van der Waals surface area contributed by atoms with Crippen LogP contribution in [0.1, 0.15) is 62.8 Å². The first-order valence-electron chi connectivity index (χ1n) is 10.6. The highest BCUT2D eigenvalue weighted by atomic mass is 35.5. The van der Waals surface area contributed by atoms with Gasteiger partial charge in [-0.2, -0.15) is 0 Å². The van der Waals surface area contributed by atoms with E-state index in [-0.39, 0.29) is 23.7 Å². The average molecular weight is 429 g/mol. The molecule has 0 spiro atoms. The number of para-hydroxylation sites is 1. The van der Waals surface area contributed by atoms with Crippen LogP contribution in [0.25, 0.3) is 0 Å². The van der Waals surface area contributed by atoms with Crippen LogP contribution in [-0.4, -0.2) is 29.3 Å². The van der Waals surface area contributed by atoms with Crippen LogP contribution < -0.4 is 4.90 Å². The molecular formula is C24H29ClN2O3. The number of amides is 1. The molecule has 0 bridgehead atoms. The van der Waals surface area contributed by atoms with Crippen LogP contribution in [0.5, 0.6) is 0 Å². The molecule has 6 heteroatoms. The molecule has 1 fully saturated rings. The zero-order chi connectivity index (χ0) is 21.3. The van der Waals surface area contributed by atoms with E-state index in [2.05, 4.69) is 25.8 Å². The third-order valence-corrected chi connectivity index (χ3v) is 5.94. The van der Waals surface area contributed by atoms with Crippen molar-refractivity contribution in [1.29, 1.82) is 0 Å². The molecule has 30 heavy (non-hydrogen) atoms. The predicted octanol–water partition coefficient (Wildman–Crippen LogP) is 5.25. The maximum absolute atomic E-state index is 13.4. The highest BCUT2D eigenvalue weighted by molar-refractivity contribution is 6.30. The van der Waals surface area contributed by atoms with Gasteiger partial charge in [-0.15, -0.1) is 0 Å². The molecule has 2 aliphatic rings. The summed E-state index contributed by atoms with van der Waals surface area (Å²) < 4.78 is 11.7. The smallest absolute Gasteiger partial charge is 0.235 e. The molecule has 4 rings (SSSR count). The first-order valence-corrected chi connectivity index (χ1v) is 11.0. The first kappa shape index (κ1) is 21.3. The average Bonchev–Trinajstić information content (AvgIpc) is 3.00. The topological polar surface area (TPSA) is 51.7 Å². The van der Waals surface area contributed by atoms with E-state index in [4.69, 9.17) is 21.1 Å². The highest BCUT2D eigenvalue weighted by Crippen LogP contribution is 2.42. The van der Waals surface area contributed by atoms with E-state index in [0.717, 1.165) is 48.4 Å². The Morgan fingerprint density at radius 3 is 2.80 bits per heavy atom. The Labute approximate surface area is 183 Å². The summed E-state index contributed by atoms with van der Waals surface area (Å²) in [7, 11) is 0. The molecule has 2 aliphatic heterocycles. The number of anilines is 1. The summed E-state index contributed by atoms with van der Waals surface area (Å²) in [6.45, 7) is 7.30. The van der Waals surface area contributed by atoms with Crippen LogP contribution in [0.2, 0.25) is 5.02 Å². The van der Waals surface area contributed by atoms with Crippen molar-refractivity contribution in [2.45, 2.75) is 70.8 Å². The zero-order valence-corrected chi connectivity index (χ0v) is 18.6. The lowest BCUT2D eigenvalue weighted by atomic mass is 9.94. The Hall–Kier alpha value is -1.95. The lowest BCUT2D eigenvalue weighted by molar-refractivity contribution is -0.169. The molecule has 1 aromatic carbocycles. The summed E-state index contributed by atoms with van der Waals surface area (Å²) in [5, 5.41) is 0.566. The molecule has 0 aliphatic carbocycles. The van der Waals surface area contributed by atoms with Crippen LogP contribution in [0.3, 0.4) is 0 Å². The van der Waals surface area contributed by atoms with Gasteiger partial charge >= 0.3 is 0 Å². The first-order chi connectivity index (χ1) is 14.3. The third-order valence-electron chi connectivity index (χ3n) is 5.73. The number of carbonyl (C=O) groups excluding carboxylic acids is 1. The molecule has 2 atom stereocenters. The second-order valence-electron chi connectivity index (χ2n) is 9.03. The Morgan fingerprint density at radius 2 is 2.07 bits per heavy atom. The summed E-state index contributed by atoms with van der Waals surface area (Å²) in [6.07, 6.45) is 5.07. The van der Waals surface area contributed by atoms with Crippen molar-refractivity contribution in [2.24, 2.45) is 0 Å². The molecule has 0 saturated carbocycles. The Kier molecular flexibility index (Phi) is 6.14. The SMILES string of the molecule is CC(C)(C)N1C(=O)C(Cc2ncc(Cl)cc2COC2CCCCO2)c2ccccc21. The van der Waals surface area contributed by atoms with Gasteiger partial charge in [0.2, 0.25) is 5.91 Å². The van der Waals surface area contributed by atoms with E-state index in [1.54, 1.807) is 6.20 Å². The van der Waals surface area contributed by atoms with Crippen molar-refractivity contribution in [3.8, 4) is 0 Å². The Morgan fingerprint density at radius 1 is 1.27 bits per heavy atom. The van der Waals surface area contributed by atoms with E-state index in [9.17, 15) is 4.79 Å². The second kappa shape index (κ2) is 8.66. The maximum Gasteiger partial charge on any atom is 0.235 e. The molecule has 160 valence electrons. The minimum atomic E-state index is -0.292. The van der Waals surface area contributed by atoms with Gasteiger partial charge in [-0.05, 0) is 57.7 Å². The zero-order valence-electron chi connectivity index (χ0n) is 17.9. The number of rotatable bonds is 5. The number of benzene rings is 1. The minimum Gasteiger partial charge on any atom is -0.353 e. The van der Waals surface area contributed by atoms with Crippen LogP contribution in [0, 0.1) is 0 Å². The molecule has 0 N–H and O–H groups in total. The third kappa shape index (κ3) is 4.39. The number of nitrogens with zero attached hydrogens (tertiary/aromatic N) is 2. The van der Waals surface area contributed by atoms with Gasteiger partial charge in [-0.1, -0.05) is 29.8 Å². The Bertz CT molecular complexity index is 919. The van der Waals surface area contributed by atoms with Crippen molar-refractivity contribution in [3.05, 3.63) is 58.4 Å². The number of fused-ring (bicyclic) bond motifs is 1. The van der Waals surface area contributed by atoms with Gasteiger partial charge in [-0.3, -0.25) is 9.78 Å². The molecule has 2 aromatic rings. The van der Waals surface area contributed by atoms with Gasteiger partial charge in [0, 0.05) is 41.7 Å². The van der Waals surface area contributed by atoms with Gasteiger partial charge in [-0.25, -0.2) is 0 Å². The summed E-state index contributed by atoms with van der Waals surface area (Å²) in [5.74, 6) is -0.151. The maximum atomic E-state index is 13.4. The van der Waals surface area contributed by atoms with E-state index >= 15 is 0 Å². The van der Waals surface area contributed by atoms with E-state index in [1.807, 2.05) is 35.2 Å². The minimum absolute atomic E-state index is 0.114. The van der Waals surface area contributed by atoms with Crippen LogP contribution in [-0.2, 0) is 27.3 Å². The summed E-state index contributed by atoms with van der Waals surface area (Å²) in [6, 6.07) is 9.94. The van der Waals surface area contributed by atoms with Gasteiger partial charge in [0.05, 0.1) is 17.5 Å². The standard InChI is InChI=1S/C24H29ClN2O3/c1-24(2,3)27-21-9-5-4-8-18(21)19(23(27)28)13-20-16(12-17(25)14-26-20)15-30-22-10-6-7-11-29-22/h4-5,8-9,12,14,19,22H,6-7,10-11,13,15H2,1-3H3. The fourth-order valence-corrected chi connectivity index (χ4v) is 4.50. The monoisotopic (exact) mass is 428 g/mol. The molecule has 2 unspecified atom stereocenters. The number of pyridine rings is 1. The number of carbonyl (C=O) groups is 1. The number of hydrogen-bond acceptors (Lipinski definition) is 4. The summed E-state index contributed by atoms with van der Waals surface area (Å²) in [5.41, 5.74) is 3.51. The van der Waals surface area contributed by atoms with E-state index in [1.165, 1.54) is 0 Å². The molecule has 0 radical (unpaired) electrons. The van der Waals surface area contributed by atoms with E-state index < -0.39 is 0 Å². The van der Waals surface area contributed by atoms with Crippen molar-refractivity contribution >= 4 is 23.2 Å². The van der Waals surface area contributed by atoms with Crippen LogP contribution in [0.4, 0.5) is 5.69 Å². The number of ether oxygens (including phenoxy) is 2. The molecule has 1 amide bonds. The number of aromatic nitrogens is 1. The highest BCUT2D eigenvalue weighted by Gasteiger charge is 2.42. The number of hydrogen-bond donors (Lipinski definition) is 0. The fraction of sp³-hybridized carbons (Fsp3) is 0.500. The second-order valence-corrected chi connectivity index (χ2v) is 9.46. The molecule has 1 saturated heterocycles. The Balaban J connectivity index is 1.59. The molecule has 3 heterocycles. The quantitative estimate of drug-likeness (QED) is 0.652. The molecule has 1 aromatic heterocycles. The van der Waals surface area contributed by atoms with Gasteiger partial charge < -0.3 is 14.4 Å². The van der Waals surface area contributed by atoms with Crippen molar-refractivity contribution in [3.63, 3.8) is 0 Å². The van der Waals surface area contributed by atoms with Crippen molar-refractivity contribution in [2.75, 3.05) is 11.5 Å². The largest absolute Gasteiger partial charge is 0.353 e. The lowest BCUT2D eigenvalue weighted by Crippen LogP contribution is -2.44. The summed E-state index contributed by atoms with van der Waals surface area (Å²) >= 11 is 6.22. The fourth-order valence-electron chi connectivity index (χ4n) is 4.32. The van der Waals surface area contributed by atoms with Gasteiger partial charge in [0.1, 0.15) is 0 Å². The van der Waals surface area contributed by atoms with Gasteiger partial charge in [0.15, 0.2) is 6.29 Å². The lowest BCUT2D eigenvalue weighted by Gasteiger charge is -2.33. The normalized spacial score (nSPS) is 21.7. The molecular weight excluding hydrogens is 400 g/mol. The van der Waals surface area contributed by atoms with Crippen LogP contribution in [0.15, 0.2) is 36.5 Å². The summed E-state index contributed by atoms with van der Waals surface area (Å²) in [4.78, 5) is 19.9. The van der Waals surface area contributed by atoms with Crippen molar-refractivity contribution < 1.29 is 14.3 Å². The number of halogens is 1. The van der Waals surface area contributed by atoms with E-state index in [0.29, 0.717) is 18.1 Å². The van der Waals surface area contributed by atoms with Crippen LogP contribution >= 0.6 is 11.6 Å².